The maximum atomic E-state index is 12.4. The summed E-state index contributed by atoms with van der Waals surface area (Å²) in [5, 5.41) is 0.649. The minimum absolute atomic E-state index is 0.230. The van der Waals surface area contributed by atoms with Crippen molar-refractivity contribution >= 4 is 42.5 Å². The Morgan fingerprint density at radius 3 is 2.48 bits per heavy atom. The number of benzene rings is 2. The van der Waals surface area contributed by atoms with Gasteiger partial charge >= 0.3 is 158 Å². The molecule has 0 bridgehead atoms. The Labute approximate surface area is 157 Å². The fourth-order valence-electron chi connectivity index (χ4n) is 2.35. The summed E-state index contributed by atoms with van der Waals surface area (Å²) < 4.78 is 6.74. The molecule has 1 heterocycles. The first-order valence-electron chi connectivity index (χ1n) is 7.82. The minimum atomic E-state index is -0.298. The Morgan fingerprint density at radius 2 is 1.84 bits per heavy atom. The molecule has 0 N–H and O–H groups in total. The fraction of sp³-hybridized carbons (Fsp3) is 0.158. The third kappa shape index (κ3) is 3.95. The van der Waals surface area contributed by atoms with Gasteiger partial charge in [-0.1, -0.05) is 0 Å². The molecule has 0 amide bonds. The van der Waals surface area contributed by atoms with Crippen molar-refractivity contribution in [1.29, 1.82) is 0 Å². The zero-order chi connectivity index (χ0) is 17.8. The van der Waals surface area contributed by atoms with Crippen LogP contribution < -0.4 is 4.90 Å². The van der Waals surface area contributed by atoms with Crippen LogP contribution in [0.5, 0.6) is 0 Å². The van der Waals surface area contributed by atoms with Crippen molar-refractivity contribution in [2.24, 2.45) is 0 Å². The molecule has 6 heteroatoms. The fourth-order valence-corrected chi connectivity index (χ4v) is 4.50. The number of nitrogens with zero attached hydrogens (tertiary/aromatic N) is 2. The number of anilines is 2. The molecule has 0 saturated carbocycles. The van der Waals surface area contributed by atoms with Gasteiger partial charge in [-0.05, 0) is 0 Å². The van der Waals surface area contributed by atoms with E-state index in [9.17, 15) is 4.79 Å². The van der Waals surface area contributed by atoms with Crippen LogP contribution in [0.3, 0.4) is 0 Å². The molecule has 0 aliphatic rings. The van der Waals surface area contributed by atoms with Crippen LogP contribution in [0.25, 0.3) is 11.3 Å². The van der Waals surface area contributed by atoms with Crippen molar-refractivity contribution in [3.8, 4) is 11.3 Å². The van der Waals surface area contributed by atoms with E-state index < -0.39 is 0 Å². The molecule has 128 valence electrons. The van der Waals surface area contributed by atoms with Crippen molar-refractivity contribution < 1.29 is 9.53 Å². The Bertz CT molecular complexity index is 863. The second kappa shape index (κ2) is 7.87. The predicted molar refractivity (Wildman–Crippen MR) is 102 cm³/mol. The predicted octanol–water partition coefficient (Wildman–Crippen LogP) is 4.40. The van der Waals surface area contributed by atoms with Gasteiger partial charge in [0.2, 0.25) is 0 Å². The van der Waals surface area contributed by atoms with Crippen molar-refractivity contribution in [2.75, 3.05) is 18.6 Å². The molecular formula is C19H17ClN2O2Se. The monoisotopic (exact) mass is 420 g/mol. The molecule has 0 aliphatic carbocycles. The Balaban J connectivity index is 2.05. The summed E-state index contributed by atoms with van der Waals surface area (Å²) in [7, 11) is 1.96. The summed E-state index contributed by atoms with van der Waals surface area (Å²) in [6.45, 7) is 2.15. The molecule has 4 nitrogen and oxygen atoms in total. The van der Waals surface area contributed by atoms with E-state index in [0.717, 1.165) is 15.9 Å². The van der Waals surface area contributed by atoms with Crippen molar-refractivity contribution in [3.63, 3.8) is 0 Å². The summed E-state index contributed by atoms with van der Waals surface area (Å²) in [6, 6.07) is 17.3. The number of hydrogen-bond acceptors (Lipinski definition) is 4. The zero-order valence-corrected chi connectivity index (χ0v) is 16.4. The van der Waals surface area contributed by atoms with E-state index in [1.165, 1.54) is 0 Å². The molecular weight excluding hydrogens is 403 g/mol. The van der Waals surface area contributed by atoms with Crippen LogP contribution in [-0.2, 0) is 4.74 Å². The first kappa shape index (κ1) is 17.7. The van der Waals surface area contributed by atoms with Gasteiger partial charge in [-0.2, -0.15) is 0 Å². The summed E-state index contributed by atoms with van der Waals surface area (Å²) >= 11 is 5.75. The molecule has 0 spiro atoms. The third-order valence-electron chi connectivity index (χ3n) is 3.62. The van der Waals surface area contributed by atoms with Gasteiger partial charge in [-0.15, -0.1) is 0 Å². The van der Waals surface area contributed by atoms with Crippen LogP contribution in [0.1, 0.15) is 16.2 Å². The maximum absolute atomic E-state index is 12.4. The number of carbonyl (C=O) groups excluding carboxylic acids is 1. The van der Waals surface area contributed by atoms with Crippen LogP contribution in [0.15, 0.2) is 54.6 Å². The van der Waals surface area contributed by atoms with Crippen LogP contribution >= 0.6 is 11.6 Å². The molecule has 3 aromatic rings. The summed E-state index contributed by atoms with van der Waals surface area (Å²) in [5.41, 5.74) is 2.57. The number of para-hydroxylation sites is 1. The Hall–Kier alpha value is -2.07. The molecule has 2 aromatic carbocycles. The Kier molecular flexibility index (Phi) is 5.59. The van der Waals surface area contributed by atoms with Crippen LogP contribution in [0.2, 0.25) is 5.02 Å². The molecule has 0 unspecified atom stereocenters. The van der Waals surface area contributed by atoms with Gasteiger partial charge in [0.05, 0.1) is 0 Å². The van der Waals surface area contributed by atoms with Crippen LogP contribution in [0, 0.1) is 0 Å². The average molecular weight is 420 g/mol. The molecule has 1 aromatic heterocycles. The van der Waals surface area contributed by atoms with Crippen molar-refractivity contribution in [2.45, 2.75) is 6.92 Å². The van der Waals surface area contributed by atoms with Crippen LogP contribution in [0.4, 0.5) is 10.4 Å². The van der Waals surface area contributed by atoms with Gasteiger partial charge in [-0.3, -0.25) is 0 Å². The first-order chi connectivity index (χ1) is 12.1. The molecule has 0 fully saturated rings. The van der Waals surface area contributed by atoms with E-state index in [4.69, 9.17) is 21.3 Å². The molecule has 0 radical (unpaired) electrons. The molecule has 0 aliphatic heterocycles. The van der Waals surface area contributed by atoms with E-state index in [1.807, 2.05) is 54.4 Å². The topological polar surface area (TPSA) is 42.4 Å². The molecule has 0 atom stereocenters. The van der Waals surface area contributed by atoms with E-state index in [2.05, 4.69) is 0 Å². The van der Waals surface area contributed by atoms with E-state index in [1.54, 1.807) is 19.1 Å². The molecule has 0 saturated heterocycles. The number of aromatic nitrogens is 1. The second-order valence-corrected chi connectivity index (χ2v) is 7.78. The molecule has 3 rings (SSSR count). The zero-order valence-electron chi connectivity index (χ0n) is 13.9. The van der Waals surface area contributed by atoms with Gasteiger partial charge in [0, 0.05) is 0 Å². The average Bonchev–Trinajstić information content (AvgIpc) is 3.08. The van der Waals surface area contributed by atoms with Gasteiger partial charge in [0.25, 0.3) is 0 Å². The SMILES string of the molecule is CCOC(=O)c1[se]c(N(C)c2ccccc2)nc1-c1ccc(Cl)cc1. The van der Waals surface area contributed by atoms with Gasteiger partial charge in [0.15, 0.2) is 0 Å². The number of esters is 1. The second-order valence-electron chi connectivity index (χ2n) is 5.30. The number of halogens is 1. The first-order valence-corrected chi connectivity index (χ1v) is 9.92. The van der Waals surface area contributed by atoms with Crippen molar-refractivity contribution in [1.82, 2.24) is 4.98 Å². The van der Waals surface area contributed by atoms with Gasteiger partial charge in [0.1, 0.15) is 0 Å². The van der Waals surface area contributed by atoms with E-state index >= 15 is 0 Å². The number of ether oxygens (including phenoxy) is 1. The van der Waals surface area contributed by atoms with Gasteiger partial charge < -0.3 is 0 Å². The number of rotatable bonds is 5. The Morgan fingerprint density at radius 1 is 1.16 bits per heavy atom. The third-order valence-corrected chi connectivity index (χ3v) is 6.21. The molecule has 25 heavy (non-hydrogen) atoms. The number of carbonyl (C=O) groups is 1. The van der Waals surface area contributed by atoms with E-state index in [-0.39, 0.29) is 20.5 Å². The standard InChI is InChI=1S/C19H17ClN2O2Se/c1-3-24-18(23)17-16(13-9-11-14(20)12-10-13)21-19(25-17)22(2)15-7-5-4-6-8-15/h4-12H,3H2,1-2H3. The summed E-state index contributed by atoms with van der Waals surface area (Å²) in [6.07, 6.45) is 0. The summed E-state index contributed by atoms with van der Waals surface area (Å²) in [4.78, 5) is 19.2. The van der Waals surface area contributed by atoms with Crippen molar-refractivity contribution in [3.05, 3.63) is 64.1 Å². The number of hydrogen-bond donors (Lipinski definition) is 0. The van der Waals surface area contributed by atoms with Crippen LogP contribution in [-0.4, -0.2) is 39.1 Å². The van der Waals surface area contributed by atoms with Gasteiger partial charge in [-0.25, -0.2) is 0 Å². The van der Waals surface area contributed by atoms with E-state index in [0.29, 0.717) is 21.8 Å². The normalized spacial score (nSPS) is 10.5. The quantitative estimate of drug-likeness (QED) is 0.454. The summed E-state index contributed by atoms with van der Waals surface area (Å²) in [5.74, 6) is -0.298.